The maximum atomic E-state index is 11.9. The standard InChI is InChI=1S/C19H27N3O2S2/c1-14-6-8-16(25-14)18(23)21-12-4-3-10-20-11-5-13-22-19(24)17-9-7-15(2)26-17/h6-9,20H,3-5,10-13H2,1-2H3,(H,21,23)(H,22,24). The van der Waals surface area contributed by atoms with Crippen molar-refractivity contribution in [3.63, 3.8) is 0 Å². The third-order valence-electron chi connectivity index (χ3n) is 3.81. The van der Waals surface area contributed by atoms with E-state index in [0.29, 0.717) is 13.1 Å². The summed E-state index contributed by atoms with van der Waals surface area (Å²) in [6, 6.07) is 7.67. The number of unbranched alkanes of at least 4 members (excludes halogenated alkanes) is 1. The van der Waals surface area contributed by atoms with Crippen LogP contribution in [0, 0.1) is 13.8 Å². The molecule has 0 bridgehead atoms. The zero-order chi connectivity index (χ0) is 18.8. The van der Waals surface area contributed by atoms with Gasteiger partial charge in [0, 0.05) is 22.8 Å². The van der Waals surface area contributed by atoms with Gasteiger partial charge in [0.1, 0.15) is 0 Å². The lowest BCUT2D eigenvalue weighted by Crippen LogP contribution is -2.27. The Morgan fingerprint density at radius 3 is 1.69 bits per heavy atom. The average molecular weight is 394 g/mol. The molecule has 2 amide bonds. The van der Waals surface area contributed by atoms with E-state index in [1.54, 1.807) is 0 Å². The Hall–Kier alpha value is -1.70. The topological polar surface area (TPSA) is 70.2 Å². The largest absolute Gasteiger partial charge is 0.351 e. The molecule has 0 aromatic carbocycles. The maximum Gasteiger partial charge on any atom is 0.261 e. The van der Waals surface area contributed by atoms with Crippen molar-refractivity contribution in [3.8, 4) is 0 Å². The molecule has 142 valence electrons. The Morgan fingerprint density at radius 1 is 0.731 bits per heavy atom. The van der Waals surface area contributed by atoms with E-state index in [9.17, 15) is 9.59 Å². The van der Waals surface area contributed by atoms with Crippen LogP contribution in [0.5, 0.6) is 0 Å². The molecular formula is C19H27N3O2S2. The summed E-state index contributed by atoms with van der Waals surface area (Å²) >= 11 is 3.04. The Morgan fingerprint density at radius 2 is 1.19 bits per heavy atom. The van der Waals surface area contributed by atoms with Gasteiger partial charge in [0.25, 0.3) is 11.8 Å². The molecule has 26 heavy (non-hydrogen) atoms. The molecule has 5 nitrogen and oxygen atoms in total. The van der Waals surface area contributed by atoms with Crippen molar-refractivity contribution < 1.29 is 9.59 Å². The van der Waals surface area contributed by atoms with Gasteiger partial charge in [0.05, 0.1) is 9.75 Å². The van der Waals surface area contributed by atoms with Crippen LogP contribution in [-0.4, -0.2) is 38.0 Å². The molecule has 7 heteroatoms. The summed E-state index contributed by atoms with van der Waals surface area (Å²) in [7, 11) is 0. The average Bonchev–Trinajstić information content (AvgIpc) is 3.24. The minimum absolute atomic E-state index is 0.0137. The predicted molar refractivity (Wildman–Crippen MR) is 109 cm³/mol. The van der Waals surface area contributed by atoms with Crippen LogP contribution in [-0.2, 0) is 0 Å². The first-order valence-corrected chi connectivity index (χ1v) is 10.6. The van der Waals surface area contributed by atoms with Gasteiger partial charge in [0.2, 0.25) is 0 Å². The van der Waals surface area contributed by atoms with E-state index < -0.39 is 0 Å². The highest BCUT2D eigenvalue weighted by atomic mass is 32.1. The van der Waals surface area contributed by atoms with Crippen LogP contribution in [0.1, 0.15) is 48.4 Å². The normalized spacial score (nSPS) is 10.7. The molecule has 0 spiro atoms. The smallest absolute Gasteiger partial charge is 0.261 e. The van der Waals surface area contributed by atoms with Crippen molar-refractivity contribution in [2.45, 2.75) is 33.1 Å². The van der Waals surface area contributed by atoms with Crippen molar-refractivity contribution >= 4 is 34.5 Å². The van der Waals surface area contributed by atoms with Crippen LogP contribution in [0.2, 0.25) is 0 Å². The van der Waals surface area contributed by atoms with Gasteiger partial charge in [-0.3, -0.25) is 9.59 Å². The van der Waals surface area contributed by atoms with E-state index in [-0.39, 0.29) is 11.8 Å². The lowest BCUT2D eigenvalue weighted by atomic mass is 10.3. The maximum absolute atomic E-state index is 11.9. The Kier molecular flexibility index (Phi) is 8.80. The molecule has 0 aliphatic heterocycles. The molecule has 0 saturated carbocycles. The molecule has 0 fully saturated rings. The van der Waals surface area contributed by atoms with Gasteiger partial charge in [-0.05, 0) is 70.5 Å². The molecule has 2 heterocycles. The van der Waals surface area contributed by atoms with Crippen LogP contribution in [0.3, 0.4) is 0 Å². The molecule has 2 aromatic heterocycles. The zero-order valence-corrected chi connectivity index (χ0v) is 17.0. The van der Waals surface area contributed by atoms with Crippen molar-refractivity contribution in [1.29, 1.82) is 0 Å². The van der Waals surface area contributed by atoms with Crippen LogP contribution in [0.25, 0.3) is 0 Å². The second kappa shape index (κ2) is 11.1. The third kappa shape index (κ3) is 7.27. The van der Waals surface area contributed by atoms with Crippen LogP contribution >= 0.6 is 22.7 Å². The van der Waals surface area contributed by atoms with Gasteiger partial charge in [-0.1, -0.05) is 0 Å². The van der Waals surface area contributed by atoms with Crippen molar-refractivity contribution in [3.05, 3.63) is 43.8 Å². The lowest BCUT2D eigenvalue weighted by molar-refractivity contribution is 0.0948. The summed E-state index contributed by atoms with van der Waals surface area (Å²) in [5, 5.41) is 9.26. The van der Waals surface area contributed by atoms with Crippen LogP contribution < -0.4 is 16.0 Å². The third-order valence-corrected chi connectivity index (χ3v) is 5.81. The summed E-state index contributed by atoms with van der Waals surface area (Å²) in [6.45, 7) is 7.19. The van der Waals surface area contributed by atoms with E-state index >= 15 is 0 Å². The van der Waals surface area contributed by atoms with Gasteiger partial charge in [-0.15, -0.1) is 22.7 Å². The highest BCUT2D eigenvalue weighted by molar-refractivity contribution is 7.14. The monoisotopic (exact) mass is 393 g/mol. The van der Waals surface area contributed by atoms with E-state index in [4.69, 9.17) is 0 Å². The van der Waals surface area contributed by atoms with Gasteiger partial charge >= 0.3 is 0 Å². The Labute approximate surface area is 163 Å². The highest BCUT2D eigenvalue weighted by Gasteiger charge is 2.07. The number of hydrogen-bond donors (Lipinski definition) is 3. The number of rotatable bonds is 11. The molecule has 3 N–H and O–H groups in total. The minimum atomic E-state index is 0.0137. The molecular weight excluding hydrogens is 366 g/mol. The second-order valence-electron chi connectivity index (χ2n) is 6.14. The quantitative estimate of drug-likeness (QED) is 0.513. The first kappa shape index (κ1) is 20.6. The van der Waals surface area contributed by atoms with Gasteiger partial charge < -0.3 is 16.0 Å². The molecule has 0 saturated heterocycles. The highest BCUT2D eigenvalue weighted by Crippen LogP contribution is 2.15. The van der Waals surface area contributed by atoms with Crippen molar-refractivity contribution in [1.82, 2.24) is 16.0 Å². The molecule has 2 aromatic rings. The number of amides is 2. The van der Waals surface area contributed by atoms with E-state index in [0.717, 1.165) is 51.9 Å². The summed E-state index contributed by atoms with van der Waals surface area (Å²) in [4.78, 5) is 27.6. The van der Waals surface area contributed by atoms with E-state index in [1.165, 1.54) is 22.7 Å². The van der Waals surface area contributed by atoms with Crippen LogP contribution in [0.4, 0.5) is 0 Å². The molecule has 0 atom stereocenters. The summed E-state index contributed by atoms with van der Waals surface area (Å²) in [5.74, 6) is 0.0347. The number of nitrogens with one attached hydrogen (secondary N) is 3. The first-order chi connectivity index (χ1) is 12.6. The fourth-order valence-corrected chi connectivity index (χ4v) is 3.97. The van der Waals surface area contributed by atoms with Gasteiger partial charge in [0.15, 0.2) is 0 Å². The SMILES string of the molecule is Cc1ccc(C(=O)NCCCCNCCCNC(=O)c2ccc(C)s2)s1. The number of hydrogen-bond acceptors (Lipinski definition) is 5. The van der Waals surface area contributed by atoms with Gasteiger partial charge in [-0.25, -0.2) is 0 Å². The predicted octanol–water partition coefficient (Wildman–Crippen LogP) is 3.35. The molecule has 0 radical (unpaired) electrons. The van der Waals surface area contributed by atoms with Gasteiger partial charge in [-0.2, -0.15) is 0 Å². The fourth-order valence-electron chi connectivity index (χ4n) is 2.40. The number of aryl methyl sites for hydroxylation is 2. The first-order valence-electron chi connectivity index (χ1n) is 8.96. The summed E-state index contributed by atoms with van der Waals surface area (Å²) in [6.07, 6.45) is 2.88. The molecule has 0 unspecified atom stereocenters. The fraction of sp³-hybridized carbons (Fsp3) is 0.474. The van der Waals surface area contributed by atoms with Crippen molar-refractivity contribution in [2.24, 2.45) is 0 Å². The minimum Gasteiger partial charge on any atom is -0.351 e. The lowest BCUT2D eigenvalue weighted by Gasteiger charge is -2.07. The Bertz CT molecular complexity index is 649. The second-order valence-corrected chi connectivity index (χ2v) is 8.72. The van der Waals surface area contributed by atoms with Crippen LogP contribution in [0.15, 0.2) is 24.3 Å². The van der Waals surface area contributed by atoms with E-state index in [1.807, 2.05) is 38.1 Å². The number of carbonyl (C=O) groups excluding carboxylic acids is 2. The van der Waals surface area contributed by atoms with Crippen molar-refractivity contribution in [2.75, 3.05) is 26.2 Å². The molecule has 0 aliphatic rings. The zero-order valence-electron chi connectivity index (χ0n) is 15.4. The molecule has 0 aliphatic carbocycles. The van der Waals surface area contributed by atoms with E-state index in [2.05, 4.69) is 16.0 Å². The number of carbonyl (C=O) groups is 2. The molecule has 2 rings (SSSR count). The number of thiophene rings is 2. The summed E-state index contributed by atoms with van der Waals surface area (Å²) < 4.78 is 0. The summed E-state index contributed by atoms with van der Waals surface area (Å²) in [5.41, 5.74) is 0. The Balaban J connectivity index is 1.41.